The highest BCUT2D eigenvalue weighted by Crippen LogP contribution is 2.38. The largest absolute Gasteiger partial charge is 0.494 e. The number of hydrogen-bond donors (Lipinski definition) is 0. The van der Waals surface area contributed by atoms with Crippen LogP contribution in [0.1, 0.15) is 83.6 Å². The molecule has 7 nitrogen and oxygen atoms in total. The Morgan fingerprint density at radius 3 is 2.28 bits per heavy atom. The van der Waals surface area contributed by atoms with Crippen molar-refractivity contribution in [3.8, 4) is 5.75 Å². The zero-order valence-corrected chi connectivity index (χ0v) is 27.9. The Kier molecular flexibility index (Phi) is 12.4. The van der Waals surface area contributed by atoms with Gasteiger partial charge in [0, 0.05) is 46.6 Å². The van der Waals surface area contributed by atoms with E-state index < -0.39 is 20.6 Å². The number of sulfone groups is 1. The Morgan fingerprint density at radius 1 is 0.977 bits per heavy atom. The number of hydrogen-bond acceptors (Lipinski definition) is 7. The topological polar surface area (TPSA) is 79.3 Å². The highest BCUT2D eigenvalue weighted by molar-refractivity contribution is 7.95. The van der Waals surface area contributed by atoms with Gasteiger partial charge in [0.05, 0.1) is 27.8 Å². The Balaban J connectivity index is 1.63. The SMILES string of the molecule is C=Nc1ccc(S(C)=O)cc1/C(=C(\C)S(=O)(=O)c1ccc(OCCCCCCC)cc1)N1CCC(N2CCCCC2)CC1. The van der Waals surface area contributed by atoms with Crippen LogP contribution in [0.2, 0.25) is 0 Å². The molecule has 0 spiro atoms. The molecule has 2 aliphatic heterocycles. The highest BCUT2D eigenvalue weighted by atomic mass is 32.2. The lowest BCUT2D eigenvalue weighted by Gasteiger charge is -2.42. The molecule has 1 unspecified atom stereocenters. The molecule has 2 fully saturated rings. The van der Waals surface area contributed by atoms with Gasteiger partial charge < -0.3 is 14.5 Å². The lowest BCUT2D eigenvalue weighted by molar-refractivity contribution is 0.112. The standard InChI is InChI=1S/C34H49N3O4S2/c1-5-6-7-8-12-25-41-29-13-16-31(17-14-29)43(39,40)27(2)34(32-26-30(42(4)38)15-18-33(32)35-3)37-23-19-28(20-24-37)36-21-10-9-11-22-36/h13-18,26,28H,3,5-12,19-25H2,1-2,4H3/b34-27-. The summed E-state index contributed by atoms with van der Waals surface area (Å²) in [5.74, 6) is 0.673. The van der Waals surface area contributed by atoms with E-state index in [0.29, 0.717) is 40.2 Å². The van der Waals surface area contributed by atoms with Gasteiger partial charge in [0.2, 0.25) is 9.84 Å². The number of likely N-dealkylation sites (tertiary alicyclic amines) is 2. The molecule has 0 saturated carbocycles. The van der Waals surface area contributed by atoms with Crippen molar-refractivity contribution in [3.63, 3.8) is 0 Å². The molecule has 4 rings (SSSR count). The third-order valence-corrected chi connectivity index (χ3v) is 11.6. The van der Waals surface area contributed by atoms with Crippen molar-refractivity contribution < 1.29 is 17.4 Å². The fourth-order valence-electron chi connectivity index (χ4n) is 6.26. The zero-order valence-electron chi connectivity index (χ0n) is 26.2. The van der Waals surface area contributed by atoms with Crippen LogP contribution in [-0.4, -0.2) is 74.2 Å². The van der Waals surface area contributed by atoms with Crippen LogP contribution >= 0.6 is 0 Å². The number of allylic oxidation sites excluding steroid dienone is 1. The van der Waals surface area contributed by atoms with E-state index in [1.807, 2.05) is 6.07 Å². The summed E-state index contributed by atoms with van der Waals surface area (Å²) in [6.07, 6.45) is 13.2. The van der Waals surface area contributed by atoms with Gasteiger partial charge in [-0.15, -0.1) is 0 Å². The van der Waals surface area contributed by atoms with Crippen molar-refractivity contribution in [3.05, 3.63) is 52.9 Å². The van der Waals surface area contributed by atoms with Crippen LogP contribution in [0.4, 0.5) is 5.69 Å². The summed E-state index contributed by atoms with van der Waals surface area (Å²) >= 11 is 0. The summed E-state index contributed by atoms with van der Waals surface area (Å²) in [6.45, 7) is 12.0. The lowest BCUT2D eigenvalue weighted by Crippen LogP contribution is -2.46. The van der Waals surface area contributed by atoms with E-state index in [1.54, 1.807) is 49.6 Å². The number of aliphatic imine (C=N–C) groups is 1. The number of piperidine rings is 2. The maximum Gasteiger partial charge on any atom is 0.204 e. The van der Waals surface area contributed by atoms with E-state index in [-0.39, 0.29) is 9.80 Å². The molecule has 2 aliphatic rings. The summed E-state index contributed by atoms with van der Waals surface area (Å²) in [4.78, 5) is 10.2. The van der Waals surface area contributed by atoms with E-state index in [2.05, 4.69) is 28.4 Å². The third kappa shape index (κ3) is 8.58. The molecule has 2 saturated heterocycles. The van der Waals surface area contributed by atoms with Crippen molar-refractivity contribution in [2.24, 2.45) is 4.99 Å². The van der Waals surface area contributed by atoms with Gasteiger partial charge in [0.25, 0.3) is 0 Å². The van der Waals surface area contributed by atoms with Crippen LogP contribution in [0.15, 0.2) is 62.2 Å². The molecule has 0 amide bonds. The molecule has 0 aliphatic carbocycles. The van der Waals surface area contributed by atoms with Gasteiger partial charge in [-0.05, 0) is 101 Å². The summed E-state index contributed by atoms with van der Waals surface area (Å²) < 4.78 is 46.7. The minimum absolute atomic E-state index is 0.226. The fourth-order valence-corrected chi connectivity index (χ4v) is 8.14. The zero-order chi connectivity index (χ0) is 30.8. The molecule has 9 heteroatoms. The Bertz CT molecular complexity index is 1370. The summed E-state index contributed by atoms with van der Waals surface area (Å²) in [5, 5.41) is 0. The first-order valence-corrected chi connectivity index (χ1v) is 18.9. The van der Waals surface area contributed by atoms with Crippen molar-refractivity contribution in [2.45, 2.75) is 93.9 Å². The van der Waals surface area contributed by atoms with Crippen LogP contribution in [0, 0.1) is 0 Å². The molecule has 43 heavy (non-hydrogen) atoms. The van der Waals surface area contributed by atoms with Crippen molar-refractivity contribution in [1.29, 1.82) is 0 Å². The van der Waals surface area contributed by atoms with Gasteiger partial charge in [0.15, 0.2) is 0 Å². The normalized spacial score (nSPS) is 18.3. The smallest absolute Gasteiger partial charge is 0.204 e. The number of benzene rings is 2. The second-order valence-corrected chi connectivity index (χ2v) is 15.2. The lowest BCUT2D eigenvalue weighted by atomic mass is 9.98. The average molecular weight is 628 g/mol. The molecule has 2 heterocycles. The average Bonchev–Trinajstić information content (AvgIpc) is 3.03. The van der Waals surface area contributed by atoms with E-state index >= 15 is 0 Å². The van der Waals surface area contributed by atoms with Crippen molar-refractivity contribution in [2.75, 3.05) is 39.0 Å². The highest BCUT2D eigenvalue weighted by Gasteiger charge is 2.31. The number of rotatable bonds is 14. The quantitative estimate of drug-likeness (QED) is 0.163. The molecule has 1 atom stereocenters. The van der Waals surface area contributed by atoms with Gasteiger partial charge in [-0.25, -0.2) is 8.42 Å². The third-order valence-electron chi connectivity index (χ3n) is 8.80. The first-order chi connectivity index (χ1) is 20.8. The minimum atomic E-state index is -3.85. The van der Waals surface area contributed by atoms with E-state index in [1.165, 1.54) is 38.5 Å². The molecule has 236 valence electrons. The van der Waals surface area contributed by atoms with Crippen LogP contribution in [0.5, 0.6) is 5.75 Å². The number of ether oxygens (including phenoxy) is 1. The van der Waals surface area contributed by atoms with Gasteiger partial charge in [0.1, 0.15) is 5.75 Å². The predicted octanol–water partition coefficient (Wildman–Crippen LogP) is 7.22. The Hall–Kier alpha value is -2.49. The van der Waals surface area contributed by atoms with Crippen LogP contribution in [0.25, 0.3) is 5.70 Å². The second kappa shape index (κ2) is 16.0. The first kappa shape index (κ1) is 33.4. The van der Waals surface area contributed by atoms with E-state index in [0.717, 1.165) is 51.9 Å². The summed E-state index contributed by atoms with van der Waals surface area (Å²) in [6, 6.07) is 12.7. The van der Waals surface area contributed by atoms with Gasteiger partial charge >= 0.3 is 0 Å². The van der Waals surface area contributed by atoms with Gasteiger partial charge in [-0.2, -0.15) is 0 Å². The van der Waals surface area contributed by atoms with Crippen molar-refractivity contribution >= 4 is 38.7 Å². The number of nitrogens with zero attached hydrogens (tertiary/aromatic N) is 3. The summed E-state index contributed by atoms with van der Waals surface area (Å²) in [5.41, 5.74) is 1.86. The molecule has 0 bridgehead atoms. The molecular weight excluding hydrogens is 579 g/mol. The molecule has 0 aromatic heterocycles. The molecule has 0 radical (unpaired) electrons. The molecule has 0 N–H and O–H groups in total. The van der Waals surface area contributed by atoms with Crippen LogP contribution in [-0.2, 0) is 20.6 Å². The first-order valence-electron chi connectivity index (χ1n) is 15.9. The minimum Gasteiger partial charge on any atom is -0.494 e. The Morgan fingerprint density at radius 2 is 1.65 bits per heavy atom. The predicted molar refractivity (Wildman–Crippen MR) is 178 cm³/mol. The van der Waals surface area contributed by atoms with Gasteiger partial charge in [-0.1, -0.05) is 39.0 Å². The maximum atomic E-state index is 14.2. The summed E-state index contributed by atoms with van der Waals surface area (Å²) in [7, 11) is -5.08. The number of unbranched alkanes of at least 4 members (excludes halogenated alkanes) is 4. The second-order valence-electron chi connectivity index (χ2n) is 11.7. The maximum absolute atomic E-state index is 14.2. The fraction of sp³-hybridized carbons (Fsp3) is 0.559. The monoisotopic (exact) mass is 627 g/mol. The molecule has 2 aromatic rings. The van der Waals surface area contributed by atoms with Gasteiger partial charge in [-0.3, -0.25) is 9.20 Å². The van der Waals surface area contributed by atoms with Crippen molar-refractivity contribution in [1.82, 2.24) is 9.80 Å². The van der Waals surface area contributed by atoms with E-state index in [9.17, 15) is 12.6 Å². The molecule has 2 aromatic carbocycles. The Labute approximate surface area is 261 Å². The molecular formula is C34H49N3O4S2. The van der Waals surface area contributed by atoms with Crippen LogP contribution in [0.3, 0.4) is 0 Å². The van der Waals surface area contributed by atoms with Crippen LogP contribution < -0.4 is 4.74 Å². The van der Waals surface area contributed by atoms with E-state index in [4.69, 9.17) is 4.74 Å².